The minimum absolute atomic E-state index is 0.0583. The maximum Gasteiger partial charge on any atom is 0.299 e. The van der Waals surface area contributed by atoms with Crippen molar-refractivity contribution in [1.29, 1.82) is 0 Å². The second-order valence-corrected chi connectivity index (χ2v) is 10.9. The van der Waals surface area contributed by atoms with Gasteiger partial charge < -0.3 is 0 Å². The highest BCUT2D eigenvalue weighted by molar-refractivity contribution is 5.92. The molecule has 0 unspecified atom stereocenters. The number of nitrogens with zero attached hydrogens (tertiary/aromatic N) is 2. The molecule has 0 fully saturated rings. The van der Waals surface area contributed by atoms with Crippen molar-refractivity contribution >= 4 is 10.8 Å². The molecule has 43 heavy (non-hydrogen) atoms. The molecule has 0 spiro atoms. The highest BCUT2D eigenvalue weighted by atomic mass is 19.3. The number of aromatic nitrogens is 2. The summed E-state index contributed by atoms with van der Waals surface area (Å²) in [6.07, 6.45) is 0. The number of halogens is 2. The zero-order chi connectivity index (χ0) is 29.0. The summed E-state index contributed by atoms with van der Waals surface area (Å²) in [5.74, 6) is -2.36. The molecule has 0 radical (unpaired) electrons. The molecule has 0 saturated carbocycles. The van der Waals surface area contributed by atoms with Crippen molar-refractivity contribution in [1.82, 2.24) is 9.97 Å². The molecule has 1 aliphatic rings. The van der Waals surface area contributed by atoms with Crippen LogP contribution in [0.1, 0.15) is 11.1 Å². The third kappa shape index (κ3) is 4.31. The lowest BCUT2D eigenvalue weighted by Gasteiger charge is -2.14. The summed E-state index contributed by atoms with van der Waals surface area (Å²) in [6.45, 7) is 0. The summed E-state index contributed by atoms with van der Waals surface area (Å²) >= 11 is 0. The second-order valence-electron chi connectivity index (χ2n) is 10.9. The van der Waals surface area contributed by atoms with Crippen LogP contribution in [0.4, 0.5) is 8.78 Å². The smallest absolute Gasteiger partial charge is 0.228 e. The maximum atomic E-state index is 15.4. The van der Waals surface area contributed by atoms with Gasteiger partial charge in [0.25, 0.3) is 5.92 Å². The summed E-state index contributed by atoms with van der Waals surface area (Å²) in [5, 5.41) is 2.07. The van der Waals surface area contributed by atoms with E-state index in [4.69, 9.17) is 9.97 Å². The minimum Gasteiger partial charge on any atom is -0.228 e. The van der Waals surface area contributed by atoms with E-state index in [1.807, 2.05) is 97.1 Å². The Labute approximate surface area is 248 Å². The van der Waals surface area contributed by atoms with Gasteiger partial charge in [-0.1, -0.05) is 121 Å². The summed E-state index contributed by atoms with van der Waals surface area (Å²) < 4.78 is 30.8. The van der Waals surface area contributed by atoms with Gasteiger partial charge in [-0.25, -0.2) is 9.97 Å². The number of rotatable bonds is 4. The normalized spacial score (nSPS) is 13.1. The monoisotopic (exact) mass is 558 g/mol. The predicted molar refractivity (Wildman–Crippen MR) is 170 cm³/mol. The molecule has 1 aliphatic carbocycles. The van der Waals surface area contributed by atoms with Crippen molar-refractivity contribution in [2.24, 2.45) is 0 Å². The first-order valence-electron chi connectivity index (χ1n) is 14.2. The SMILES string of the molecule is FC1(F)c2ccccc2-c2ccc(-c3ccc4ccc(-c5cc(-c6ccccc6)nc(-c6ccccc6)n5)cc4c3)cc21. The Hall–Kier alpha value is -5.48. The quantitative estimate of drug-likeness (QED) is 0.215. The average molecular weight is 559 g/mol. The molecular formula is C39H24F2N2. The van der Waals surface area contributed by atoms with E-state index in [9.17, 15) is 0 Å². The van der Waals surface area contributed by atoms with Gasteiger partial charge in [-0.2, -0.15) is 8.78 Å². The van der Waals surface area contributed by atoms with Gasteiger partial charge in [0.05, 0.1) is 11.4 Å². The molecule has 204 valence electrons. The first-order chi connectivity index (χ1) is 21.0. The Morgan fingerprint density at radius 1 is 0.395 bits per heavy atom. The largest absolute Gasteiger partial charge is 0.299 e. The Bertz CT molecular complexity index is 2100. The van der Waals surface area contributed by atoms with Crippen molar-refractivity contribution in [3.63, 3.8) is 0 Å². The fourth-order valence-corrected chi connectivity index (χ4v) is 6.01. The van der Waals surface area contributed by atoms with Gasteiger partial charge in [0.1, 0.15) is 0 Å². The zero-order valence-corrected chi connectivity index (χ0v) is 23.0. The van der Waals surface area contributed by atoms with Gasteiger partial charge in [0.15, 0.2) is 5.82 Å². The number of hydrogen-bond acceptors (Lipinski definition) is 2. The predicted octanol–water partition coefficient (Wildman–Crippen LogP) is 10.4. The molecule has 2 nitrogen and oxygen atoms in total. The van der Waals surface area contributed by atoms with Crippen molar-refractivity contribution in [2.75, 3.05) is 0 Å². The van der Waals surface area contributed by atoms with E-state index in [2.05, 4.69) is 24.3 Å². The summed E-state index contributed by atoms with van der Waals surface area (Å²) in [5.41, 5.74) is 7.55. The lowest BCUT2D eigenvalue weighted by molar-refractivity contribution is 0.0480. The van der Waals surface area contributed by atoms with Crippen LogP contribution >= 0.6 is 0 Å². The molecule has 0 bridgehead atoms. The molecule has 6 aromatic carbocycles. The van der Waals surface area contributed by atoms with E-state index in [-0.39, 0.29) is 11.1 Å². The van der Waals surface area contributed by atoms with E-state index >= 15 is 8.78 Å². The first-order valence-corrected chi connectivity index (χ1v) is 14.2. The van der Waals surface area contributed by atoms with E-state index in [0.29, 0.717) is 17.0 Å². The number of hydrogen-bond donors (Lipinski definition) is 0. The molecule has 4 heteroatoms. The second kappa shape index (κ2) is 9.81. The summed E-state index contributed by atoms with van der Waals surface area (Å²) in [4.78, 5) is 9.87. The average Bonchev–Trinajstić information content (AvgIpc) is 3.30. The summed E-state index contributed by atoms with van der Waals surface area (Å²) in [6, 6.07) is 46.6. The van der Waals surface area contributed by atoms with Crippen molar-refractivity contribution < 1.29 is 8.78 Å². The molecule has 1 heterocycles. The maximum absolute atomic E-state index is 15.4. The van der Waals surface area contributed by atoms with Crippen LogP contribution in [0.2, 0.25) is 0 Å². The van der Waals surface area contributed by atoms with Crippen LogP contribution in [0.25, 0.3) is 66.9 Å². The van der Waals surface area contributed by atoms with Crippen molar-refractivity contribution in [2.45, 2.75) is 5.92 Å². The Morgan fingerprint density at radius 3 is 1.72 bits per heavy atom. The number of alkyl halides is 2. The van der Waals surface area contributed by atoms with Crippen LogP contribution in [-0.4, -0.2) is 9.97 Å². The highest BCUT2D eigenvalue weighted by Crippen LogP contribution is 2.51. The Kier molecular flexibility index (Phi) is 5.76. The third-order valence-electron chi connectivity index (χ3n) is 8.21. The van der Waals surface area contributed by atoms with Crippen molar-refractivity contribution in [3.8, 4) is 56.2 Å². The lowest BCUT2D eigenvalue weighted by Crippen LogP contribution is -2.10. The Balaban J connectivity index is 1.23. The van der Waals surface area contributed by atoms with E-state index in [0.717, 1.165) is 50.0 Å². The molecule has 0 saturated heterocycles. The van der Waals surface area contributed by atoms with Gasteiger partial charge in [-0.3, -0.25) is 0 Å². The van der Waals surface area contributed by atoms with Crippen LogP contribution in [0.3, 0.4) is 0 Å². The molecule has 1 aromatic heterocycles. The van der Waals surface area contributed by atoms with Crippen LogP contribution in [0.15, 0.2) is 146 Å². The van der Waals surface area contributed by atoms with Crippen LogP contribution in [0.5, 0.6) is 0 Å². The van der Waals surface area contributed by atoms with Gasteiger partial charge in [-0.15, -0.1) is 0 Å². The first kappa shape index (κ1) is 25.2. The van der Waals surface area contributed by atoms with Crippen LogP contribution < -0.4 is 0 Å². The summed E-state index contributed by atoms with van der Waals surface area (Å²) in [7, 11) is 0. The van der Waals surface area contributed by atoms with Gasteiger partial charge in [0.2, 0.25) is 0 Å². The zero-order valence-electron chi connectivity index (χ0n) is 23.0. The number of benzene rings is 6. The van der Waals surface area contributed by atoms with Gasteiger partial charge in [-0.05, 0) is 57.3 Å². The molecular weight excluding hydrogens is 534 g/mol. The molecule has 7 aromatic rings. The van der Waals surface area contributed by atoms with E-state index in [1.54, 1.807) is 18.2 Å². The Morgan fingerprint density at radius 2 is 0.953 bits per heavy atom. The molecule has 0 atom stereocenters. The minimum atomic E-state index is -3.02. The highest BCUT2D eigenvalue weighted by Gasteiger charge is 2.44. The molecule has 0 amide bonds. The van der Waals surface area contributed by atoms with Gasteiger partial charge >= 0.3 is 0 Å². The lowest BCUT2D eigenvalue weighted by atomic mass is 9.95. The van der Waals surface area contributed by atoms with Gasteiger partial charge in [0, 0.05) is 27.8 Å². The van der Waals surface area contributed by atoms with Crippen LogP contribution in [-0.2, 0) is 5.92 Å². The fourth-order valence-electron chi connectivity index (χ4n) is 6.01. The topological polar surface area (TPSA) is 25.8 Å². The van der Waals surface area contributed by atoms with E-state index < -0.39 is 5.92 Å². The molecule has 8 rings (SSSR count). The van der Waals surface area contributed by atoms with Crippen molar-refractivity contribution in [3.05, 3.63) is 157 Å². The molecule has 0 N–H and O–H groups in total. The third-order valence-corrected chi connectivity index (χ3v) is 8.21. The number of fused-ring (bicyclic) bond motifs is 4. The standard InChI is InChI=1S/C39H24F2N2/c40-39(41)34-14-8-7-13-32(34)33-20-19-29(23-35(33)39)28-17-15-25-16-18-30(22-31(25)21-28)37-24-36(26-9-3-1-4-10-26)42-38(43-37)27-11-5-2-6-12-27/h1-24H. The molecule has 0 aliphatic heterocycles. The van der Waals surface area contributed by atoms with E-state index in [1.165, 1.54) is 6.07 Å². The fraction of sp³-hybridized carbons (Fsp3) is 0.0256. The van der Waals surface area contributed by atoms with Crippen LogP contribution in [0, 0.1) is 0 Å².